The van der Waals surface area contributed by atoms with Crippen molar-refractivity contribution in [2.75, 3.05) is 13.1 Å². The van der Waals surface area contributed by atoms with Gasteiger partial charge in [0.15, 0.2) is 0 Å². The van der Waals surface area contributed by atoms with E-state index in [2.05, 4.69) is 33.1 Å². The van der Waals surface area contributed by atoms with Crippen LogP contribution in [0.3, 0.4) is 0 Å². The van der Waals surface area contributed by atoms with Gasteiger partial charge in [-0.2, -0.15) is 5.10 Å². The van der Waals surface area contributed by atoms with Gasteiger partial charge >= 0.3 is 0 Å². The zero-order valence-electron chi connectivity index (χ0n) is 11.1. The normalized spacial score (nSPS) is 11.0. The van der Waals surface area contributed by atoms with E-state index in [-0.39, 0.29) is 0 Å². The van der Waals surface area contributed by atoms with Gasteiger partial charge in [0.25, 0.3) is 0 Å². The SMILES string of the molecule is CCCNCCc1cn(Cc2cnn(C)c2)cn1. The van der Waals surface area contributed by atoms with Gasteiger partial charge in [-0.05, 0) is 13.0 Å². The average Bonchev–Trinajstić information content (AvgIpc) is 2.95. The molecule has 0 bridgehead atoms. The number of imidazole rings is 1. The molecule has 0 saturated heterocycles. The Hall–Kier alpha value is -1.62. The first-order valence-electron chi connectivity index (χ1n) is 6.47. The summed E-state index contributed by atoms with van der Waals surface area (Å²) in [6.45, 7) is 5.09. The zero-order valence-corrected chi connectivity index (χ0v) is 11.1. The Morgan fingerprint density at radius 1 is 1.28 bits per heavy atom. The van der Waals surface area contributed by atoms with Crippen LogP contribution in [0.4, 0.5) is 0 Å². The first kappa shape index (κ1) is 12.8. The van der Waals surface area contributed by atoms with Gasteiger partial charge in [-0.25, -0.2) is 4.98 Å². The van der Waals surface area contributed by atoms with Gasteiger partial charge in [0, 0.05) is 38.0 Å². The van der Waals surface area contributed by atoms with Crippen molar-refractivity contribution in [1.29, 1.82) is 0 Å². The molecule has 2 heterocycles. The second kappa shape index (κ2) is 6.35. The van der Waals surface area contributed by atoms with Crippen LogP contribution in [-0.2, 0) is 20.0 Å². The van der Waals surface area contributed by atoms with Crippen molar-refractivity contribution in [2.45, 2.75) is 26.3 Å². The summed E-state index contributed by atoms with van der Waals surface area (Å²) in [5.41, 5.74) is 2.34. The van der Waals surface area contributed by atoms with Gasteiger partial charge in [0.2, 0.25) is 0 Å². The summed E-state index contributed by atoms with van der Waals surface area (Å²) in [6, 6.07) is 0. The molecule has 0 atom stereocenters. The van der Waals surface area contributed by atoms with Crippen molar-refractivity contribution in [3.8, 4) is 0 Å². The summed E-state index contributed by atoms with van der Waals surface area (Å²) in [7, 11) is 1.93. The largest absolute Gasteiger partial charge is 0.333 e. The van der Waals surface area contributed by atoms with Crippen LogP contribution in [0.2, 0.25) is 0 Å². The Labute approximate surface area is 108 Å². The highest BCUT2D eigenvalue weighted by Gasteiger charge is 2.01. The third-order valence-electron chi connectivity index (χ3n) is 2.79. The van der Waals surface area contributed by atoms with Crippen LogP contribution in [0.1, 0.15) is 24.6 Å². The van der Waals surface area contributed by atoms with Crippen molar-refractivity contribution < 1.29 is 0 Å². The zero-order chi connectivity index (χ0) is 12.8. The highest BCUT2D eigenvalue weighted by Crippen LogP contribution is 2.03. The van der Waals surface area contributed by atoms with Crippen LogP contribution in [0.15, 0.2) is 24.9 Å². The number of hydrogen-bond acceptors (Lipinski definition) is 3. The molecule has 0 aliphatic heterocycles. The maximum absolute atomic E-state index is 4.41. The van der Waals surface area contributed by atoms with E-state index < -0.39 is 0 Å². The fourth-order valence-corrected chi connectivity index (χ4v) is 1.90. The second-order valence-electron chi connectivity index (χ2n) is 4.56. The molecule has 1 N–H and O–H groups in total. The summed E-state index contributed by atoms with van der Waals surface area (Å²) < 4.78 is 3.92. The van der Waals surface area contributed by atoms with Crippen LogP contribution >= 0.6 is 0 Å². The lowest BCUT2D eigenvalue weighted by atomic mass is 10.3. The number of aryl methyl sites for hydroxylation is 1. The van der Waals surface area contributed by atoms with E-state index >= 15 is 0 Å². The first-order valence-corrected chi connectivity index (χ1v) is 6.47. The molecule has 0 aliphatic rings. The Morgan fingerprint density at radius 2 is 2.17 bits per heavy atom. The van der Waals surface area contributed by atoms with Gasteiger partial charge < -0.3 is 9.88 Å². The molecule has 0 unspecified atom stereocenters. The third-order valence-corrected chi connectivity index (χ3v) is 2.79. The van der Waals surface area contributed by atoms with Crippen molar-refractivity contribution in [3.63, 3.8) is 0 Å². The van der Waals surface area contributed by atoms with Crippen LogP contribution in [0.25, 0.3) is 0 Å². The lowest BCUT2D eigenvalue weighted by Gasteiger charge is -2.00. The Kier molecular flexibility index (Phi) is 4.52. The summed E-state index contributed by atoms with van der Waals surface area (Å²) in [4.78, 5) is 4.41. The summed E-state index contributed by atoms with van der Waals surface area (Å²) >= 11 is 0. The minimum atomic E-state index is 0.837. The molecular weight excluding hydrogens is 226 g/mol. The first-order chi connectivity index (χ1) is 8.78. The molecule has 5 nitrogen and oxygen atoms in total. The number of aromatic nitrogens is 4. The smallest absolute Gasteiger partial charge is 0.0952 e. The van der Waals surface area contributed by atoms with Gasteiger partial charge in [-0.15, -0.1) is 0 Å². The maximum Gasteiger partial charge on any atom is 0.0952 e. The lowest BCUT2D eigenvalue weighted by molar-refractivity contribution is 0.666. The third kappa shape index (κ3) is 3.70. The standard InChI is InChI=1S/C13H21N5/c1-3-5-14-6-4-13-10-18(11-15-13)9-12-7-16-17(2)8-12/h7-8,10-11,14H,3-6,9H2,1-2H3. The van der Waals surface area contributed by atoms with E-state index in [1.165, 1.54) is 12.0 Å². The lowest BCUT2D eigenvalue weighted by Crippen LogP contribution is -2.17. The quantitative estimate of drug-likeness (QED) is 0.748. The van der Waals surface area contributed by atoms with Crippen LogP contribution in [0, 0.1) is 0 Å². The molecular formula is C13H21N5. The van der Waals surface area contributed by atoms with E-state index in [1.807, 2.05) is 30.5 Å². The van der Waals surface area contributed by atoms with Crippen LogP contribution in [0.5, 0.6) is 0 Å². The van der Waals surface area contributed by atoms with E-state index in [0.29, 0.717) is 0 Å². The number of nitrogens with one attached hydrogen (secondary N) is 1. The minimum absolute atomic E-state index is 0.837. The highest BCUT2D eigenvalue weighted by atomic mass is 15.2. The highest BCUT2D eigenvalue weighted by molar-refractivity contribution is 5.06. The van der Waals surface area contributed by atoms with E-state index in [0.717, 1.165) is 31.7 Å². The monoisotopic (exact) mass is 247 g/mol. The van der Waals surface area contributed by atoms with Crippen molar-refractivity contribution in [2.24, 2.45) is 7.05 Å². The molecule has 0 radical (unpaired) electrons. The van der Waals surface area contributed by atoms with Gasteiger partial charge in [-0.3, -0.25) is 4.68 Å². The van der Waals surface area contributed by atoms with Gasteiger partial charge in [-0.1, -0.05) is 6.92 Å². The molecule has 0 aliphatic carbocycles. The van der Waals surface area contributed by atoms with E-state index in [4.69, 9.17) is 0 Å². The van der Waals surface area contributed by atoms with E-state index in [1.54, 1.807) is 0 Å². The molecule has 0 saturated carbocycles. The molecule has 18 heavy (non-hydrogen) atoms. The van der Waals surface area contributed by atoms with Crippen molar-refractivity contribution in [1.82, 2.24) is 24.6 Å². The van der Waals surface area contributed by atoms with Gasteiger partial charge in [0.05, 0.1) is 24.8 Å². The second-order valence-corrected chi connectivity index (χ2v) is 4.56. The minimum Gasteiger partial charge on any atom is -0.333 e. The summed E-state index contributed by atoms with van der Waals surface area (Å²) in [6.07, 6.45) is 10.1. The van der Waals surface area contributed by atoms with E-state index in [9.17, 15) is 0 Å². The molecule has 0 spiro atoms. The Balaban J connectivity index is 1.82. The molecule has 0 fully saturated rings. The number of nitrogens with zero attached hydrogens (tertiary/aromatic N) is 4. The Morgan fingerprint density at radius 3 is 2.89 bits per heavy atom. The van der Waals surface area contributed by atoms with Crippen LogP contribution in [-0.4, -0.2) is 32.4 Å². The summed E-state index contributed by atoms with van der Waals surface area (Å²) in [5.74, 6) is 0. The fraction of sp³-hybridized carbons (Fsp3) is 0.538. The number of rotatable bonds is 7. The average molecular weight is 247 g/mol. The van der Waals surface area contributed by atoms with Crippen molar-refractivity contribution in [3.05, 3.63) is 36.2 Å². The molecule has 2 rings (SSSR count). The maximum atomic E-state index is 4.41. The molecule has 0 aromatic carbocycles. The molecule has 2 aromatic heterocycles. The van der Waals surface area contributed by atoms with Crippen molar-refractivity contribution >= 4 is 0 Å². The molecule has 2 aromatic rings. The molecule has 5 heteroatoms. The predicted octanol–water partition coefficient (Wildman–Crippen LogP) is 1.21. The topological polar surface area (TPSA) is 47.7 Å². The predicted molar refractivity (Wildman–Crippen MR) is 71.4 cm³/mol. The van der Waals surface area contributed by atoms with Crippen LogP contribution < -0.4 is 5.32 Å². The number of hydrogen-bond donors (Lipinski definition) is 1. The molecule has 0 amide bonds. The fourth-order valence-electron chi connectivity index (χ4n) is 1.90. The van der Waals surface area contributed by atoms with Gasteiger partial charge in [0.1, 0.15) is 0 Å². The molecule has 98 valence electrons. The Bertz CT molecular complexity index is 471. The summed E-state index contributed by atoms with van der Waals surface area (Å²) in [5, 5.41) is 7.55.